The number of sulfonamides is 1. The Bertz CT molecular complexity index is 1040. The van der Waals surface area contributed by atoms with Crippen LogP contribution in [0.25, 0.3) is 0 Å². The molecule has 0 radical (unpaired) electrons. The number of nitrogens with one attached hydrogen (secondary N) is 1. The summed E-state index contributed by atoms with van der Waals surface area (Å²) in [7, 11) is -3.73. The summed E-state index contributed by atoms with van der Waals surface area (Å²) >= 11 is 0. The SMILES string of the molecule is CC[C@@H](C)NC(=O)[C@H](CC)N(Cc1ccccc1)C(=O)CN(c1ccccc1C)S(C)(=O)=O. The van der Waals surface area contributed by atoms with Gasteiger partial charge in [0.05, 0.1) is 11.9 Å². The molecule has 0 aliphatic rings. The van der Waals surface area contributed by atoms with E-state index in [0.717, 1.165) is 28.1 Å². The lowest BCUT2D eigenvalue weighted by Crippen LogP contribution is -2.53. The van der Waals surface area contributed by atoms with Crippen LogP contribution in [0.1, 0.15) is 44.7 Å². The highest BCUT2D eigenvalue weighted by atomic mass is 32.2. The van der Waals surface area contributed by atoms with Crippen LogP contribution in [0.4, 0.5) is 5.69 Å². The summed E-state index contributed by atoms with van der Waals surface area (Å²) in [6.45, 7) is 7.36. The molecule has 2 atom stereocenters. The second-order valence-corrected chi connectivity index (χ2v) is 10.2. The van der Waals surface area contributed by atoms with Gasteiger partial charge in [-0.2, -0.15) is 0 Å². The van der Waals surface area contributed by atoms with E-state index in [1.807, 2.05) is 57.2 Å². The van der Waals surface area contributed by atoms with Crippen molar-refractivity contribution in [1.29, 1.82) is 0 Å². The Morgan fingerprint density at radius 3 is 2.12 bits per heavy atom. The van der Waals surface area contributed by atoms with Gasteiger partial charge in [0.25, 0.3) is 0 Å². The lowest BCUT2D eigenvalue weighted by Gasteiger charge is -2.33. The van der Waals surface area contributed by atoms with Crippen molar-refractivity contribution >= 4 is 27.5 Å². The van der Waals surface area contributed by atoms with Gasteiger partial charge in [-0.3, -0.25) is 13.9 Å². The van der Waals surface area contributed by atoms with E-state index in [4.69, 9.17) is 0 Å². The maximum atomic E-state index is 13.6. The Labute approximate surface area is 197 Å². The monoisotopic (exact) mass is 473 g/mol. The van der Waals surface area contributed by atoms with Crippen LogP contribution in [0.3, 0.4) is 0 Å². The van der Waals surface area contributed by atoms with Crippen molar-refractivity contribution in [3.05, 3.63) is 65.7 Å². The fourth-order valence-electron chi connectivity index (χ4n) is 3.58. The number of amides is 2. The van der Waals surface area contributed by atoms with Crippen LogP contribution < -0.4 is 9.62 Å². The van der Waals surface area contributed by atoms with Crippen molar-refractivity contribution in [2.75, 3.05) is 17.1 Å². The van der Waals surface area contributed by atoms with Crippen molar-refractivity contribution in [1.82, 2.24) is 10.2 Å². The molecule has 0 saturated heterocycles. The Balaban J connectivity index is 2.42. The molecule has 0 fully saturated rings. The molecule has 7 nitrogen and oxygen atoms in total. The van der Waals surface area contributed by atoms with Gasteiger partial charge < -0.3 is 10.2 Å². The highest BCUT2D eigenvalue weighted by Crippen LogP contribution is 2.23. The van der Waals surface area contributed by atoms with Crippen LogP contribution in [0.5, 0.6) is 0 Å². The van der Waals surface area contributed by atoms with E-state index >= 15 is 0 Å². The number of aryl methyl sites for hydroxylation is 1. The topological polar surface area (TPSA) is 86.8 Å². The van der Waals surface area contributed by atoms with Crippen molar-refractivity contribution < 1.29 is 18.0 Å². The molecule has 2 amide bonds. The van der Waals surface area contributed by atoms with Gasteiger partial charge in [-0.25, -0.2) is 8.42 Å². The standard InChI is InChI=1S/C25H35N3O4S/c1-6-20(4)26-25(30)22(7-2)27(17-21-14-9-8-10-15-21)24(29)18-28(33(5,31)32)23-16-12-11-13-19(23)3/h8-16,20,22H,6-7,17-18H2,1-5H3,(H,26,30)/t20-,22+/m1/s1. The molecular weight excluding hydrogens is 438 g/mol. The first-order valence-electron chi connectivity index (χ1n) is 11.3. The van der Waals surface area contributed by atoms with Crippen molar-refractivity contribution in [3.8, 4) is 0 Å². The maximum absolute atomic E-state index is 13.6. The molecule has 0 spiro atoms. The fraction of sp³-hybridized carbons (Fsp3) is 0.440. The predicted octanol–water partition coefficient (Wildman–Crippen LogP) is 3.48. The molecule has 8 heteroatoms. The molecule has 0 heterocycles. The third kappa shape index (κ3) is 7.32. The molecular formula is C25H35N3O4S. The highest BCUT2D eigenvalue weighted by Gasteiger charge is 2.32. The molecule has 2 rings (SSSR count). The Hall–Kier alpha value is -2.87. The summed E-state index contributed by atoms with van der Waals surface area (Å²) < 4.78 is 26.4. The van der Waals surface area contributed by atoms with Crippen molar-refractivity contribution in [2.45, 2.75) is 59.2 Å². The molecule has 0 aliphatic heterocycles. The minimum Gasteiger partial charge on any atom is -0.352 e. The first kappa shape index (κ1) is 26.4. The van der Waals surface area contributed by atoms with E-state index in [9.17, 15) is 18.0 Å². The van der Waals surface area contributed by atoms with Crippen LogP contribution in [0, 0.1) is 6.92 Å². The van der Waals surface area contributed by atoms with E-state index in [-0.39, 0.29) is 25.0 Å². The smallest absolute Gasteiger partial charge is 0.244 e. The van der Waals surface area contributed by atoms with Gasteiger partial charge in [0, 0.05) is 12.6 Å². The average molecular weight is 474 g/mol. The predicted molar refractivity (Wildman–Crippen MR) is 132 cm³/mol. The van der Waals surface area contributed by atoms with Gasteiger partial charge in [0.15, 0.2) is 0 Å². The maximum Gasteiger partial charge on any atom is 0.244 e. The van der Waals surface area contributed by atoms with Crippen LogP contribution in [0.15, 0.2) is 54.6 Å². The molecule has 2 aromatic carbocycles. The van der Waals surface area contributed by atoms with E-state index in [1.165, 1.54) is 4.90 Å². The van der Waals surface area contributed by atoms with Crippen LogP contribution in [-0.2, 0) is 26.2 Å². The molecule has 180 valence electrons. The van der Waals surface area contributed by atoms with E-state index < -0.39 is 22.0 Å². The molecule has 2 aromatic rings. The Kier molecular flexibility index (Phi) is 9.46. The van der Waals surface area contributed by atoms with E-state index in [2.05, 4.69) is 5.32 Å². The normalized spacial score (nSPS) is 13.1. The number of carbonyl (C=O) groups excluding carboxylic acids is 2. The minimum atomic E-state index is -3.73. The second-order valence-electron chi connectivity index (χ2n) is 8.31. The lowest BCUT2D eigenvalue weighted by molar-refractivity contribution is -0.140. The van der Waals surface area contributed by atoms with Crippen LogP contribution in [0.2, 0.25) is 0 Å². The third-order valence-electron chi connectivity index (χ3n) is 5.65. The first-order chi connectivity index (χ1) is 15.6. The van der Waals surface area contributed by atoms with Crippen molar-refractivity contribution in [3.63, 3.8) is 0 Å². The number of hydrogen-bond donors (Lipinski definition) is 1. The zero-order valence-corrected chi connectivity index (χ0v) is 20.9. The Morgan fingerprint density at radius 2 is 1.58 bits per heavy atom. The zero-order valence-electron chi connectivity index (χ0n) is 20.1. The largest absolute Gasteiger partial charge is 0.352 e. The van der Waals surface area contributed by atoms with Crippen molar-refractivity contribution in [2.24, 2.45) is 0 Å². The quantitative estimate of drug-likeness (QED) is 0.541. The minimum absolute atomic E-state index is 0.0280. The number of nitrogens with zero attached hydrogens (tertiary/aromatic N) is 2. The molecule has 1 N–H and O–H groups in total. The molecule has 0 saturated carbocycles. The summed E-state index contributed by atoms with van der Waals surface area (Å²) in [4.78, 5) is 28.1. The molecule has 0 aromatic heterocycles. The number of anilines is 1. The first-order valence-corrected chi connectivity index (χ1v) is 13.1. The molecule has 33 heavy (non-hydrogen) atoms. The van der Waals surface area contributed by atoms with Crippen LogP contribution in [-0.4, -0.2) is 50.0 Å². The van der Waals surface area contributed by atoms with Gasteiger partial charge in [-0.15, -0.1) is 0 Å². The zero-order chi connectivity index (χ0) is 24.6. The molecule has 0 bridgehead atoms. The lowest BCUT2D eigenvalue weighted by atomic mass is 10.1. The average Bonchev–Trinajstić information content (AvgIpc) is 2.77. The second kappa shape index (κ2) is 11.8. The van der Waals surface area contributed by atoms with E-state index in [0.29, 0.717) is 12.1 Å². The molecule has 0 aliphatic carbocycles. The van der Waals surface area contributed by atoms with Gasteiger partial charge in [0.2, 0.25) is 21.8 Å². The summed E-state index contributed by atoms with van der Waals surface area (Å²) in [5.41, 5.74) is 2.06. The summed E-state index contributed by atoms with van der Waals surface area (Å²) in [5, 5.41) is 2.96. The van der Waals surface area contributed by atoms with Gasteiger partial charge in [-0.1, -0.05) is 62.4 Å². The Morgan fingerprint density at radius 1 is 0.970 bits per heavy atom. The van der Waals surface area contributed by atoms with E-state index in [1.54, 1.807) is 25.1 Å². The summed E-state index contributed by atoms with van der Waals surface area (Å²) in [6.07, 6.45) is 2.26. The number of hydrogen-bond acceptors (Lipinski definition) is 4. The highest BCUT2D eigenvalue weighted by molar-refractivity contribution is 7.92. The van der Waals surface area contributed by atoms with Gasteiger partial charge >= 0.3 is 0 Å². The number of para-hydroxylation sites is 1. The summed E-state index contributed by atoms with van der Waals surface area (Å²) in [5.74, 6) is -0.670. The summed E-state index contributed by atoms with van der Waals surface area (Å²) in [6, 6.07) is 15.7. The molecule has 0 unspecified atom stereocenters. The number of carbonyl (C=O) groups is 2. The van der Waals surface area contributed by atoms with Gasteiger partial charge in [0.1, 0.15) is 12.6 Å². The fourth-order valence-corrected chi connectivity index (χ4v) is 4.49. The number of benzene rings is 2. The van der Waals surface area contributed by atoms with Crippen LogP contribution >= 0.6 is 0 Å². The third-order valence-corrected chi connectivity index (χ3v) is 6.77. The van der Waals surface area contributed by atoms with Gasteiger partial charge in [-0.05, 0) is 43.9 Å². The number of rotatable bonds is 11.